The first kappa shape index (κ1) is 17.4. The molecule has 2 heterocycles. The third kappa shape index (κ3) is 5.00. The highest BCUT2D eigenvalue weighted by Gasteiger charge is 2.12. The number of carbonyl (C=O) groups is 2. The molecule has 0 saturated carbocycles. The standard InChI is InChI=1S/C14H18N4O3S2/c1-18(13(21)15-8-4-2-3-5-11(19)20)10-7-6-9-12(17-10)23-14(22)16-9/h6-7H,2-5,8H2,1H3,(H,15,21)(H,16,22)(H,19,20). The van der Waals surface area contributed by atoms with E-state index in [2.05, 4.69) is 15.3 Å². The van der Waals surface area contributed by atoms with Gasteiger partial charge in [0.25, 0.3) is 0 Å². The van der Waals surface area contributed by atoms with Crippen LogP contribution in [-0.2, 0) is 4.79 Å². The number of rotatable bonds is 7. The molecule has 0 radical (unpaired) electrons. The summed E-state index contributed by atoms with van der Waals surface area (Å²) in [7, 11) is 1.65. The molecule has 2 amide bonds. The number of aromatic nitrogens is 2. The number of carbonyl (C=O) groups excluding carboxylic acids is 1. The number of fused-ring (bicyclic) bond motifs is 1. The predicted molar refractivity (Wildman–Crippen MR) is 92.7 cm³/mol. The van der Waals surface area contributed by atoms with Crippen LogP contribution >= 0.6 is 23.6 Å². The summed E-state index contributed by atoms with van der Waals surface area (Å²) in [5, 5.41) is 11.3. The third-order valence-electron chi connectivity index (χ3n) is 3.26. The molecule has 0 saturated heterocycles. The molecular weight excluding hydrogens is 336 g/mol. The molecule has 9 heteroatoms. The number of hydrogen-bond acceptors (Lipinski definition) is 5. The highest BCUT2D eigenvalue weighted by atomic mass is 32.1. The number of amides is 2. The quantitative estimate of drug-likeness (QED) is 0.524. The molecule has 0 aliphatic heterocycles. The minimum absolute atomic E-state index is 0.167. The normalized spacial score (nSPS) is 10.7. The molecule has 0 spiro atoms. The van der Waals surface area contributed by atoms with E-state index in [1.165, 1.54) is 16.2 Å². The molecule has 124 valence electrons. The van der Waals surface area contributed by atoms with Crippen molar-refractivity contribution in [3.05, 3.63) is 16.1 Å². The Morgan fingerprint density at radius 2 is 2.17 bits per heavy atom. The van der Waals surface area contributed by atoms with Crippen LogP contribution in [0, 0.1) is 3.95 Å². The lowest BCUT2D eigenvalue weighted by Crippen LogP contribution is -2.38. The molecule has 0 aliphatic rings. The maximum Gasteiger partial charge on any atom is 0.322 e. The molecule has 0 aliphatic carbocycles. The highest BCUT2D eigenvalue weighted by molar-refractivity contribution is 7.73. The Balaban J connectivity index is 1.83. The van der Waals surface area contributed by atoms with Gasteiger partial charge in [0.15, 0.2) is 3.95 Å². The zero-order valence-corrected chi connectivity index (χ0v) is 14.3. The van der Waals surface area contributed by atoms with Gasteiger partial charge in [-0.05, 0) is 37.2 Å². The van der Waals surface area contributed by atoms with Crippen molar-refractivity contribution in [3.8, 4) is 0 Å². The molecule has 3 N–H and O–H groups in total. The first-order valence-electron chi connectivity index (χ1n) is 7.20. The summed E-state index contributed by atoms with van der Waals surface area (Å²) in [4.78, 5) is 32.1. The van der Waals surface area contributed by atoms with E-state index < -0.39 is 5.97 Å². The Morgan fingerprint density at radius 3 is 2.91 bits per heavy atom. The number of urea groups is 1. The molecule has 2 rings (SSSR count). The fourth-order valence-corrected chi connectivity index (χ4v) is 3.06. The van der Waals surface area contributed by atoms with E-state index in [0.717, 1.165) is 23.2 Å². The van der Waals surface area contributed by atoms with E-state index in [1.807, 2.05) is 6.07 Å². The summed E-state index contributed by atoms with van der Waals surface area (Å²) in [6.07, 6.45) is 2.31. The zero-order valence-electron chi connectivity index (χ0n) is 12.7. The first-order chi connectivity index (χ1) is 11.0. The summed E-state index contributed by atoms with van der Waals surface area (Å²) in [6.45, 7) is 0.508. The second kappa shape index (κ2) is 8.02. The van der Waals surface area contributed by atoms with Crippen LogP contribution in [0.1, 0.15) is 25.7 Å². The van der Waals surface area contributed by atoms with Crippen molar-refractivity contribution in [3.63, 3.8) is 0 Å². The van der Waals surface area contributed by atoms with Gasteiger partial charge in [-0.2, -0.15) is 0 Å². The van der Waals surface area contributed by atoms with Gasteiger partial charge in [0.2, 0.25) is 0 Å². The van der Waals surface area contributed by atoms with Crippen LogP contribution in [0.25, 0.3) is 10.3 Å². The number of carboxylic acid groups (broad SMARTS) is 1. The summed E-state index contributed by atoms with van der Waals surface area (Å²) in [5.74, 6) is -0.241. The highest BCUT2D eigenvalue weighted by Crippen LogP contribution is 2.20. The Hall–Kier alpha value is -2.00. The Morgan fingerprint density at radius 1 is 1.39 bits per heavy atom. The SMILES string of the molecule is CN(C(=O)NCCCCCC(=O)O)c1ccc2[nH]c(=S)sc2n1. The van der Waals surface area contributed by atoms with E-state index >= 15 is 0 Å². The van der Waals surface area contributed by atoms with Crippen molar-refractivity contribution in [2.75, 3.05) is 18.5 Å². The zero-order chi connectivity index (χ0) is 16.8. The van der Waals surface area contributed by atoms with Crippen LogP contribution < -0.4 is 10.2 Å². The van der Waals surface area contributed by atoms with Crippen LogP contribution in [0.15, 0.2) is 12.1 Å². The van der Waals surface area contributed by atoms with Gasteiger partial charge in [-0.25, -0.2) is 9.78 Å². The van der Waals surface area contributed by atoms with E-state index in [1.54, 1.807) is 13.1 Å². The predicted octanol–water partition coefficient (Wildman–Crippen LogP) is 3.14. The molecular formula is C14H18N4O3S2. The van der Waals surface area contributed by atoms with Gasteiger partial charge < -0.3 is 15.4 Å². The molecule has 7 nitrogen and oxygen atoms in total. The van der Waals surface area contributed by atoms with E-state index in [-0.39, 0.29) is 12.5 Å². The van der Waals surface area contributed by atoms with Crippen molar-refractivity contribution in [1.29, 1.82) is 0 Å². The smallest absolute Gasteiger partial charge is 0.322 e. The van der Waals surface area contributed by atoms with Gasteiger partial charge in [-0.3, -0.25) is 9.69 Å². The molecule has 23 heavy (non-hydrogen) atoms. The van der Waals surface area contributed by atoms with Crippen molar-refractivity contribution in [2.24, 2.45) is 0 Å². The number of aliphatic carboxylic acids is 1. The van der Waals surface area contributed by atoms with Crippen LogP contribution in [0.4, 0.5) is 10.6 Å². The van der Waals surface area contributed by atoms with Crippen molar-refractivity contribution < 1.29 is 14.7 Å². The number of nitrogens with zero attached hydrogens (tertiary/aromatic N) is 2. The van der Waals surface area contributed by atoms with Crippen molar-refractivity contribution >= 4 is 51.7 Å². The first-order valence-corrected chi connectivity index (χ1v) is 8.43. The fourth-order valence-electron chi connectivity index (χ4n) is 2.01. The summed E-state index contributed by atoms with van der Waals surface area (Å²) in [6, 6.07) is 3.36. The van der Waals surface area contributed by atoms with E-state index in [9.17, 15) is 9.59 Å². The number of anilines is 1. The van der Waals surface area contributed by atoms with Crippen LogP contribution in [-0.4, -0.2) is 40.7 Å². The molecule has 0 aromatic carbocycles. The third-order valence-corrected chi connectivity index (χ3v) is 4.41. The molecule has 2 aromatic rings. The second-order valence-corrected chi connectivity index (χ2v) is 6.70. The van der Waals surface area contributed by atoms with Crippen molar-refractivity contribution in [1.82, 2.24) is 15.3 Å². The van der Waals surface area contributed by atoms with Gasteiger partial charge >= 0.3 is 12.0 Å². The minimum Gasteiger partial charge on any atom is -0.481 e. The van der Waals surface area contributed by atoms with Crippen molar-refractivity contribution in [2.45, 2.75) is 25.7 Å². The summed E-state index contributed by atoms with van der Waals surface area (Å²) >= 11 is 6.44. The van der Waals surface area contributed by atoms with Gasteiger partial charge in [-0.1, -0.05) is 17.8 Å². The summed E-state index contributed by atoms with van der Waals surface area (Å²) < 4.78 is 0.651. The maximum absolute atomic E-state index is 12.1. The number of thiazole rings is 1. The van der Waals surface area contributed by atoms with Crippen LogP contribution in [0.3, 0.4) is 0 Å². The average Bonchev–Trinajstić information content (AvgIpc) is 2.88. The average molecular weight is 354 g/mol. The van der Waals surface area contributed by atoms with Crippen LogP contribution in [0.2, 0.25) is 0 Å². The lowest BCUT2D eigenvalue weighted by Gasteiger charge is -2.16. The Bertz CT molecular complexity index is 756. The number of nitrogens with one attached hydrogen (secondary N) is 2. The number of carboxylic acids is 1. The van der Waals surface area contributed by atoms with E-state index in [4.69, 9.17) is 17.3 Å². The molecule has 0 atom stereocenters. The van der Waals surface area contributed by atoms with Gasteiger partial charge in [0, 0.05) is 20.0 Å². The molecule has 0 unspecified atom stereocenters. The van der Waals surface area contributed by atoms with Crippen LogP contribution in [0.5, 0.6) is 0 Å². The number of hydrogen-bond donors (Lipinski definition) is 3. The second-order valence-electron chi connectivity index (χ2n) is 5.03. The summed E-state index contributed by atoms with van der Waals surface area (Å²) in [5.41, 5.74) is 0.857. The molecule has 0 bridgehead atoms. The Labute approximate surface area is 142 Å². The van der Waals surface area contributed by atoms with E-state index in [0.29, 0.717) is 22.7 Å². The minimum atomic E-state index is -0.789. The number of pyridine rings is 1. The van der Waals surface area contributed by atoms with Gasteiger partial charge in [0.05, 0.1) is 5.52 Å². The number of H-pyrrole nitrogens is 1. The number of aromatic amines is 1. The van der Waals surface area contributed by atoms with Gasteiger partial charge in [-0.15, -0.1) is 0 Å². The Kier molecular flexibility index (Phi) is 6.05. The van der Waals surface area contributed by atoms with Gasteiger partial charge in [0.1, 0.15) is 10.6 Å². The monoisotopic (exact) mass is 354 g/mol. The number of unbranched alkanes of at least 4 members (excludes halogenated alkanes) is 2. The molecule has 0 fully saturated rings. The fraction of sp³-hybridized carbons (Fsp3) is 0.429. The maximum atomic E-state index is 12.1. The lowest BCUT2D eigenvalue weighted by atomic mass is 10.2. The lowest BCUT2D eigenvalue weighted by molar-refractivity contribution is -0.137. The molecule has 2 aromatic heterocycles. The topological polar surface area (TPSA) is 98.3 Å². The largest absolute Gasteiger partial charge is 0.481 e.